The molecule has 0 aromatic heterocycles. The van der Waals surface area contributed by atoms with Gasteiger partial charge in [0.25, 0.3) is 0 Å². The van der Waals surface area contributed by atoms with Crippen molar-refractivity contribution < 1.29 is 24.3 Å². The Morgan fingerprint density at radius 1 is 1.53 bits per heavy atom. The second kappa shape index (κ2) is 6.57. The number of nitrogens with two attached hydrogens (primary N) is 1. The second-order valence-corrected chi connectivity index (χ2v) is 5.12. The lowest BCUT2D eigenvalue weighted by Gasteiger charge is -2.33. The van der Waals surface area contributed by atoms with E-state index in [4.69, 9.17) is 24.9 Å². The fourth-order valence-electron chi connectivity index (χ4n) is 1.26. The molecule has 3 nitrogen and oxygen atoms in total. The highest BCUT2D eigenvalue weighted by Gasteiger charge is 2.23. The molecule has 0 heterocycles. The molecule has 1 aliphatic rings. The Hall–Kier alpha value is -0.100. The zero-order valence-electron chi connectivity index (χ0n) is 23.7. The van der Waals surface area contributed by atoms with Crippen LogP contribution in [0.5, 0.6) is 0 Å². The van der Waals surface area contributed by atoms with Crippen LogP contribution in [0.4, 0.5) is 5.69 Å². The Kier molecular flexibility index (Phi) is 1.82. The van der Waals surface area contributed by atoms with E-state index in [2.05, 4.69) is 31.9 Å². The highest BCUT2D eigenvalue weighted by molar-refractivity contribution is 9.11. The summed E-state index contributed by atoms with van der Waals surface area (Å²) in [6.07, 6.45) is -19.6. The standard InChI is InChI=1S/C14H20Br2N2O/c1-18(11-2-4-12(19)5-3-11)8-9-6-10(15)7-13(16)14(9)17/h6-7,11-12,19H,2-5,8,17H2,1H3/i2D2,3D2,4D2,5D2,6D,7D,8D2,11D,12D. The molecule has 1 fully saturated rings. The van der Waals surface area contributed by atoms with E-state index in [-0.39, 0.29) is 19.9 Å². The number of hydrogen-bond donors (Lipinski definition) is 2. The summed E-state index contributed by atoms with van der Waals surface area (Å²) in [4.78, 5) is 0.0527. The van der Waals surface area contributed by atoms with E-state index in [0.29, 0.717) is 7.05 Å². The van der Waals surface area contributed by atoms with E-state index in [1.165, 1.54) is 0 Å². The van der Waals surface area contributed by atoms with E-state index in [1.807, 2.05) is 0 Å². The Balaban J connectivity index is 2.96. The van der Waals surface area contributed by atoms with Gasteiger partial charge in [0.05, 0.1) is 15.9 Å². The first kappa shape index (κ1) is 5.27. The van der Waals surface area contributed by atoms with Gasteiger partial charge in [-0.1, -0.05) is 15.9 Å². The minimum Gasteiger partial charge on any atom is -0.398 e. The third-order valence-electron chi connectivity index (χ3n) is 2.17. The van der Waals surface area contributed by atoms with Gasteiger partial charge >= 0.3 is 0 Å². The lowest BCUT2D eigenvalue weighted by molar-refractivity contribution is 0.0818. The van der Waals surface area contributed by atoms with Gasteiger partial charge in [-0.05, 0) is 66.1 Å². The fourth-order valence-corrected chi connectivity index (χ4v) is 2.32. The number of nitrogen functional groups attached to an aromatic ring is 1. The molecular formula is C14H20Br2N2O. The van der Waals surface area contributed by atoms with Crippen LogP contribution in [0.3, 0.4) is 0 Å². The van der Waals surface area contributed by atoms with Gasteiger partial charge in [-0.2, -0.15) is 0 Å². The van der Waals surface area contributed by atoms with Crippen molar-refractivity contribution in [2.75, 3.05) is 12.8 Å². The van der Waals surface area contributed by atoms with Gasteiger partial charge in [0.1, 0.15) is 0 Å². The number of halogens is 2. The van der Waals surface area contributed by atoms with Crippen molar-refractivity contribution in [3.63, 3.8) is 0 Å². The van der Waals surface area contributed by atoms with Crippen molar-refractivity contribution in [1.82, 2.24) is 4.90 Å². The second-order valence-electron chi connectivity index (χ2n) is 3.53. The van der Waals surface area contributed by atoms with Crippen molar-refractivity contribution >= 4 is 37.5 Å². The number of anilines is 1. The molecule has 5 heteroatoms. The molecule has 0 amide bonds. The average Bonchev–Trinajstić information content (AvgIpc) is 2.67. The number of benzene rings is 1. The summed E-state index contributed by atoms with van der Waals surface area (Å²) in [6, 6.07) is -4.78. The summed E-state index contributed by atoms with van der Waals surface area (Å²) >= 11 is 5.92. The molecular weight excluding hydrogens is 372 g/mol. The van der Waals surface area contributed by atoms with Crippen LogP contribution in [0.25, 0.3) is 0 Å². The summed E-state index contributed by atoms with van der Waals surface area (Å²) in [5.41, 5.74) is 4.66. The molecule has 1 aromatic carbocycles. The average molecular weight is 406 g/mol. The molecule has 106 valence electrons. The SMILES string of the molecule is [2H]c1c(Br)c([2H])c(C([2H])([2H])N(C)C2([2H])C([2H])([2H])C([2H])([2H])C([2H])(O)C([2H])([2H])C2([2H])[2H])c(N)c1Br. The molecule has 19 heavy (non-hydrogen) atoms. The Bertz CT molecular complexity index is 940. The molecule has 2 rings (SSSR count). The molecule has 1 saturated carbocycles. The summed E-state index contributed by atoms with van der Waals surface area (Å²) in [5, 5.41) is 10.3. The van der Waals surface area contributed by atoms with Crippen LogP contribution in [0.2, 0.25) is 0 Å². The first-order valence-corrected chi connectivity index (χ1v) is 6.62. The zero-order chi connectivity index (χ0) is 26.5. The highest BCUT2D eigenvalue weighted by Crippen LogP contribution is 2.30. The molecule has 0 spiro atoms. The minimum atomic E-state index is -4.01. The van der Waals surface area contributed by atoms with Crippen LogP contribution in [-0.2, 0) is 6.50 Å². The van der Waals surface area contributed by atoms with E-state index in [0.717, 1.165) is 0 Å². The maximum atomic E-state index is 10.3. The Morgan fingerprint density at radius 2 is 2.16 bits per heavy atom. The van der Waals surface area contributed by atoms with Gasteiger partial charge in [0, 0.05) is 36.5 Å². The molecule has 0 unspecified atom stereocenters. The number of nitrogens with zero attached hydrogens (tertiary/aromatic N) is 1. The van der Waals surface area contributed by atoms with Crippen molar-refractivity contribution in [3.8, 4) is 0 Å². The molecule has 1 aromatic rings. The first-order chi connectivity index (χ1) is 14.3. The van der Waals surface area contributed by atoms with Crippen LogP contribution in [0.15, 0.2) is 21.0 Å². The lowest BCUT2D eigenvalue weighted by atomic mass is 9.92. The van der Waals surface area contributed by atoms with Crippen molar-refractivity contribution in [2.45, 2.75) is 44.1 Å². The van der Waals surface area contributed by atoms with Crippen LogP contribution >= 0.6 is 31.9 Å². The predicted octanol–water partition coefficient (Wildman–Crippen LogP) is 3.53. The lowest BCUT2D eigenvalue weighted by Crippen LogP contribution is -2.36. The van der Waals surface area contributed by atoms with Crippen molar-refractivity contribution in [2.24, 2.45) is 0 Å². The maximum Gasteiger partial charge on any atom is 0.0647 e. The van der Waals surface area contributed by atoms with Crippen molar-refractivity contribution in [3.05, 3.63) is 26.6 Å². The van der Waals surface area contributed by atoms with Gasteiger partial charge in [0.2, 0.25) is 0 Å². The normalized spacial score (nSPS) is 53.7. The third kappa shape index (κ3) is 3.94. The van der Waals surface area contributed by atoms with Gasteiger partial charge in [0.15, 0.2) is 0 Å². The smallest absolute Gasteiger partial charge is 0.0647 e. The predicted molar refractivity (Wildman–Crippen MR) is 86.0 cm³/mol. The van der Waals surface area contributed by atoms with Crippen LogP contribution in [-0.4, -0.2) is 29.2 Å². The van der Waals surface area contributed by atoms with Gasteiger partial charge in [-0.25, -0.2) is 0 Å². The highest BCUT2D eigenvalue weighted by atomic mass is 79.9. The van der Waals surface area contributed by atoms with Crippen LogP contribution < -0.4 is 5.73 Å². The first-order valence-electron chi connectivity index (χ1n) is 12.0. The van der Waals surface area contributed by atoms with Crippen LogP contribution in [0.1, 0.15) is 50.2 Å². The van der Waals surface area contributed by atoms with Gasteiger partial charge in [-0.3, -0.25) is 4.90 Å². The molecule has 0 aliphatic heterocycles. The third-order valence-corrected chi connectivity index (χ3v) is 3.20. The minimum absolute atomic E-state index is 0.0527. The maximum absolute atomic E-state index is 10.3. The van der Waals surface area contributed by atoms with Gasteiger partial charge < -0.3 is 10.8 Å². The van der Waals surface area contributed by atoms with E-state index >= 15 is 0 Å². The summed E-state index contributed by atoms with van der Waals surface area (Å²) < 4.78 is 114. The van der Waals surface area contributed by atoms with E-state index in [1.54, 1.807) is 0 Å². The molecule has 0 atom stereocenters. The monoisotopic (exact) mass is 404 g/mol. The summed E-state index contributed by atoms with van der Waals surface area (Å²) in [7, 11) is 0.679. The molecule has 3 N–H and O–H groups in total. The molecule has 0 saturated heterocycles. The summed E-state index contributed by atoms with van der Waals surface area (Å²) in [6.45, 7) is -3.22. The molecule has 0 bridgehead atoms. The number of aliphatic hydroxyl groups is 1. The number of hydrogen-bond acceptors (Lipinski definition) is 3. The topological polar surface area (TPSA) is 49.5 Å². The number of rotatable bonds is 3. The molecule has 1 aliphatic carbocycles. The largest absolute Gasteiger partial charge is 0.398 e. The van der Waals surface area contributed by atoms with Gasteiger partial charge in [-0.15, -0.1) is 0 Å². The van der Waals surface area contributed by atoms with Crippen molar-refractivity contribution in [1.29, 1.82) is 0 Å². The van der Waals surface area contributed by atoms with Crippen LogP contribution in [0, 0.1) is 0 Å². The van der Waals surface area contributed by atoms with E-state index in [9.17, 15) is 5.11 Å². The quantitative estimate of drug-likeness (QED) is 0.756. The Labute approximate surface area is 151 Å². The Morgan fingerprint density at radius 3 is 2.79 bits per heavy atom. The fraction of sp³-hybridized carbons (Fsp3) is 0.571. The summed E-state index contributed by atoms with van der Waals surface area (Å²) in [5.74, 6) is 0. The molecule has 0 radical (unpaired) electrons. The zero-order valence-corrected chi connectivity index (χ0v) is 12.9. The van der Waals surface area contributed by atoms with E-state index < -0.39 is 61.4 Å².